The standard InChI is InChI=1S/C22H29N5O2S/c1-15-13-30-22(25-15)20(28)16-3-2-6-27(12-16)21-18-5-4-17(11-19(18)23-14-24-21)26-7-9-29-10-8-26/h4-5,11,14-16,20,28H,2-3,6-10,12-13H2,1H3. The van der Waals surface area contributed by atoms with Gasteiger partial charge in [0.25, 0.3) is 0 Å². The Balaban J connectivity index is 1.37. The molecule has 3 aliphatic rings. The van der Waals surface area contributed by atoms with Crippen molar-refractivity contribution in [2.24, 2.45) is 10.9 Å². The number of rotatable bonds is 4. The quantitative estimate of drug-likeness (QED) is 0.804. The third kappa shape index (κ3) is 4.00. The number of aliphatic imine (C=N–C) groups is 1. The molecule has 30 heavy (non-hydrogen) atoms. The lowest BCUT2D eigenvalue weighted by atomic mass is 9.92. The average molecular weight is 428 g/mol. The van der Waals surface area contributed by atoms with Crippen LogP contribution in [0.1, 0.15) is 19.8 Å². The highest BCUT2D eigenvalue weighted by Gasteiger charge is 2.32. The zero-order valence-corrected chi connectivity index (χ0v) is 18.2. The molecule has 0 spiro atoms. The lowest BCUT2D eigenvalue weighted by molar-refractivity contribution is 0.122. The van der Waals surface area contributed by atoms with Gasteiger partial charge >= 0.3 is 0 Å². The molecule has 0 saturated carbocycles. The van der Waals surface area contributed by atoms with Crippen molar-refractivity contribution in [1.82, 2.24) is 9.97 Å². The van der Waals surface area contributed by atoms with Crippen LogP contribution in [0.25, 0.3) is 10.9 Å². The van der Waals surface area contributed by atoms with Gasteiger partial charge in [0.05, 0.1) is 29.8 Å². The number of morpholine rings is 1. The normalized spacial score (nSPS) is 26.1. The molecule has 160 valence electrons. The molecule has 7 nitrogen and oxygen atoms in total. The van der Waals surface area contributed by atoms with Gasteiger partial charge in [0.2, 0.25) is 0 Å². The van der Waals surface area contributed by atoms with Gasteiger partial charge in [0.15, 0.2) is 0 Å². The Morgan fingerprint density at radius 1 is 1.17 bits per heavy atom. The fourth-order valence-electron chi connectivity index (χ4n) is 4.62. The van der Waals surface area contributed by atoms with Crippen LogP contribution < -0.4 is 9.80 Å². The first-order valence-corrected chi connectivity index (χ1v) is 11.9. The summed E-state index contributed by atoms with van der Waals surface area (Å²) in [6, 6.07) is 6.79. The van der Waals surface area contributed by atoms with Gasteiger partial charge < -0.3 is 19.6 Å². The molecule has 3 unspecified atom stereocenters. The first-order valence-electron chi connectivity index (χ1n) is 10.9. The van der Waals surface area contributed by atoms with Crippen LogP contribution in [0, 0.1) is 5.92 Å². The van der Waals surface area contributed by atoms with Crippen LogP contribution in [0.4, 0.5) is 11.5 Å². The molecule has 4 heterocycles. The number of fused-ring (bicyclic) bond motifs is 1. The second-order valence-corrected chi connectivity index (χ2v) is 9.46. The number of anilines is 2. The maximum atomic E-state index is 10.9. The summed E-state index contributed by atoms with van der Waals surface area (Å²) in [7, 11) is 0. The van der Waals surface area contributed by atoms with Crippen LogP contribution in [0.3, 0.4) is 0 Å². The Bertz CT molecular complexity index is 933. The minimum Gasteiger partial charge on any atom is -0.386 e. The van der Waals surface area contributed by atoms with Crippen molar-refractivity contribution in [3.05, 3.63) is 24.5 Å². The first-order chi connectivity index (χ1) is 14.7. The SMILES string of the molecule is CC1CSC(C(O)C2CCCN(c3ncnc4cc(N5CCOCC5)ccc34)C2)=N1. The summed E-state index contributed by atoms with van der Waals surface area (Å²) in [4.78, 5) is 18.5. The number of thioether (sulfide) groups is 1. The van der Waals surface area contributed by atoms with E-state index in [2.05, 4.69) is 49.9 Å². The smallest absolute Gasteiger partial charge is 0.139 e. The number of piperidine rings is 1. The number of ether oxygens (including phenoxy) is 1. The van der Waals surface area contributed by atoms with Crippen molar-refractivity contribution in [3.63, 3.8) is 0 Å². The summed E-state index contributed by atoms with van der Waals surface area (Å²) in [6.07, 6.45) is 3.27. The van der Waals surface area contributed by atoms with Crippen molar-refractivity contribution < 1.29 is 9.84 Å². The van der Waals surface area contributed by atoms with Gasteiger partial charge in [0.1, 0.15) is 18.2 Å². The van der Waals surface area contributed by atoms with E-state index in [1.165, 1.54) is 5.69 Å². The molecule has 3 aliphatic heterocycles. The molecule has 1 aromatic heterocycles. The van der Waals surface area contributed by atoms with Crippen molar-refractivity contribution in [2.45, 2.75) is 31.9 Å². The molecule has 8 heteroatoms. The summed E-state index contributed by atoms with van der Waals surface area (Å²) in [6.45, 7) is 7.23. The zero-order chi connectivity index (χ0) is 20.5. The van der Waals surface area contributed by atoms with Crippen LogP contribution in [-0.2, 0) is 4.74 Å². The minimum absolute atomic E-state index is 0.188. The van der Waals surface area contributed by atoms with Crippen molar-refractivity contribution >= 4 is 39.2 Å². The van der Waals surface area contributed by atoms with Gasteiger partial charge in [-0.1, -0.05) is 0 Å². The second-order valence-electron chi connectivity index (χ2n) is 8.42. The maximum absolute atomic E-state index is 10.9. The molecule has 5 rings (SSSR count). The summed E-state index contributed by atoms with van der Waals surface area (Å²) < 4.78 is 5.47. The highest BCUT2D eigenvalue weighted by Crippen LogP contribution is 2.33. The predicted octanol–water partition coefficient (Wildman–Crippen LogP) is 2.58. The van der Waals surface area contributed by atoms with E-state index >= 15 is 0 Å². The van der Waals surface area contributed by atoms with Gasteiger partial charge in [-0.05, 0) is 38.0 Å². The van der Waals surface area contributed by atoms with E-state index in [0.717, 1.165) is 79.8 Å². The monoisotopic (exact) mass is 427 g/mol. The summed E-state index contributed by atoms with van der Waals surface area (Å²) in [5.74, 6) is 2.14. The average Bonchev–Trinajstić information content (AvgIpc) is 3.24. The Morgan fingerprint density at radius 2 is 2.03 bits per heavy atom. The fourth-order valence-corrected chi connectivity index (χ4v) is 5.73. The van der Waals surface area contributed by atoms with Crippen molar-refractivity contribution in [3.8, 4) is 0 Å². The van der Waals surface area contributed by atoms with E-state index in [0.29, 0.717) is 6.04 Å². The van der Waals surface area contributed by atoms with Crippen molar-refractivity contribution in [1.29, 1.82) is 0 Å². The minimum atomic E-state index is -0.469. The molecule has 1 aromatic carbocycles. The van der Waals surface area contributed by atoms with E-state index in [1.807, 2.05) is 0 Å². The van der Waals surface area contributed by atoms with E-state index in [-0.39, 0.29) is 5.92 Å². The lowest BCUT2D eigenvalue weighted by Crippen LogP contribution is -2.42. The number of aliphatic hydroxyl groups is 1. The molecule has 0 bridgehead atoms. The Morgan fingerprint density at radius 3 is 2.83 bits per heavy atom. The summed E-state index contributed by atoms with van der Waals surface area (Å²) in [5.41, 5.74) is 2.16. The molecular weight excluding hydrogens is 398 g/mol. The van der Waals surface area contributed by atoms with E-state index in [1.54, 1.807) is 18.1 Å². The largest absolute Gasteiger partial charge is 0.386 e. The number of benzene rings is 1. The molecule has 3 atom stereocenters. The third-order valence-corrected chi connectivity index (χ3v) is 7.54. The molecule has 0 amide bonds. The number of hydrogen-bond donors (Lipinski definition) is 1. The highest BCUT2D eigenvalue weighted by molar-refractivity contribution is 8.14. The number of aliphatic hydroxyl groups excluding tert-OH is 1. The molecule has 2 fully saturated rings. The summed E-state index contributed by atoms with van der Waals surface area (Å²) in [5, 5.41) is 12.9. The molecule has 0 radical (unpaired) electrons. The van der Waals surface area contributed by atoms with Crippen LogP contribution >= 0.6 is 11.8 Å². The Hall–Kier alpha value is -1.90. The molecular formula is C22H29N5O2S. The van der Waals surface area contributed by atoms with Gasteiger partial charge in [-0.25, -0.2) is 9.97 Å². The van der Waals surface area contributed by atoms with Gasteiger partial charge in [-0.3, -0.25) is 4.99 Å². The van der Waals surface area contributed by atoms with E-state index in [9.17, 15) is 5.11 Å². The topological polar surface area (TPSA) is 74.1 Å². The third-order valence-electron chi connectivity index (χ3n) is 6.25. The summed E-state index contributed by atoms with van der Waals surface area (Å²) >= 11 is 1.71. The number of hydrogen-bond acceptors (Lipinski definition) is 8. The van der Waals surface area contributed by atoms with Crippen molar-refractivity contribution in [2.75, 3.05) is 54.9 Å². The first kappa shape index (κ1) is 20.0. The second kappa shape index (κ2) is 8.69. The zero-order valence-electron chi connectivity index (χ0n) is 17.4. The van der Waals surface area contributed by atoms with E-state index < -0.39 is 6.10 Å². The number of aromatic nitrogens is 2. The predicted molar refractivity (Wildman–Crippen MR) is 123 cm³/mol. The lowest BCUT2D eigenvalue weighted by Gasteiger charge is -2.36. The van der Waals surface area contributed by atoms with Crippen LogP contribution in [0.15, 0.2) is 29.5 Å². The number of nitrogens with zero attached hydrogens (tertiary/aromatic N) is 5. The molecule has 2 saturated heterocycles. The van der Waals surface area contributed by atoms with E-state index in [4.69, 9.17) is 4.74 Å². The fraction of sp³-hybridized carbons (Fsp3) is 0.591. The van der Waals surface area contributed by atoms with Gasteiger partial charge in [0, 0.05) is 48.9 Å². The van der Waals surface area contributed by atoms with Crippen LogP contribution in [0.5, 0.6) is 0 Å². The Kier molecular flexibility index (Phi) is 5.80. The molecule has 2 aromatic rings. The van der Waals surface area contributed by atoms with Gasteiger partial charge in [-0.15, -0.1) is 11.8 Å². The molecule has 1 N–H and O–H groups in total. The highest BCUT2D eigenvalue weighted by atomic mass is 32.2. The maximum Gasteiger partial charge on any atom is 0.139 e. The Labute approximate surface area is 181 Å². The van der Waals surface area contributed by atoms with Crippen LogP contribution in [0.2, 0.25) is 0 Å². The van der Waals surface area contributed by atoms with Gasteiger partial charge in [-0.2, -0.15) is 0 Å². The van der Waals surface area contributed by atoms with Crippen LogP contribution in [-0.4, -0.2) is 77.4 Å². The molecule has 0 aliphatic carbocycles.